The molecule has 0 saturated heterocycles. The Morgan fingerprint density at radius 1 is 1.13 bits per heavy atom. The number of thiophene rings is 1. The number of rotatable bonds is 5. The lowest BCUT2D eigenvalue weighted by atomic mass is 10.1. The van der Waals surface area contributed by atoms with Crippen molar-refractivity contribution in [2.24, 2.45) is 0 Å². The van der Waals surface area contributed by atoms with Crippen molar-refractivity contribution in [3.8, 4) is 10.8 Å². The third-order valence-corrected chi connectivity index (χ3v) is 6.84. The van der Waals surface area contributed by atoms with Crippen molar-refractivity contribution in [3.63, 3.8) is 0 Å². The molecule has 0 aliphatic carbocycles. The summed E-state index contributed by atoms with van der Waals surface area (Å²) in [6.07, 6.45) is 0. The molecule has 0 N–H and O–H groups in total. The maximum absolute atomic E-state index is 13.2. The standard InChI is InChI=1S/C22H18N4O2S2/c1-3-26-21(27)16-11-14-7-4-5-8-15(14)12-17(16)23-22(26)30-13(2)19-24-25-20(28-19)18-9-6-10-29-18/h4-13H,3H2,1-2H3. The zero-order valence-electron chi connectivity index (χ0n) is 16.4. The third kappa shape index (κ3) is 3.32. The van der Waals surface area contributed by atoms with Crippen molar-refractivity contribution >= 4 is 44.8 Å². The average molecular weight is 435 g/mol. The van der Waals surface area contributed by atoms with E-state index in [1.54, 1.807) is 15.9 Å². The molecule has 6 nitrogen and oxygen atoms in total. The molecule has 0 saturated carbocycles. The minimum atomic E-state index is -0.145. The highest BCUT2D eigenvalue weighted by Crippen LogP contribution is 2.35. The van der Waals surface area contributed by atoms with E-state index in [1.807, 2.05) is 67.8 Å². The number of fused-ring (bicyclic) bond motifs is 2. The van der Waals surface area contributed by atoms with Gasteiger partial charge in [-0.15, -0.1) is 21.5 Å². The molecule has 30 heavy (non-hydrogen) atoms. The first-order chi connectivity index (χ1) is 14.6. The Hall–Kier alpha value is -2.97. The number of thioether (sulfide) groups is 1. The largest absolute Gasteiger partial charge is 0.419 e. The van der Waals surface area contributed by atoms with Gasteiger partial charge in [0.05, 0.1) is 21.0 Å². The first kappa shape index (κ1) is 19.0. The number of hydrogen-bond donors (Lipinski definition) is 0. The highest BCUT2D eigenvalue weighted by Gasteiger charge is 2.20. The van der Waals surface area contributed by atoms with Crippen LogP contribution in [-0.4, -0.2) is 19.7 Å². The lowest BCUT2D eigenvalue weighted by Gasteiger charge is -2.13. The van der Waals surface area contributed by atoms with E-state index in [0.29, 0.717) is 34.4 Å². The molecule has 8 heteroatoms. The first-order valence-corrected chi connectivity index (χ1v) is 11.4. The molecule has 1 unspecified atom stereocenters. The molecule has 5 aromatic rings. The summed E-state index contributed by atoms with van der Waals surface area (Å²) >= 11 is 3.01. The van der Waals surface area contributed by atoms with E-state index < -0.39 is 0 Å². The van der Waals surface area contributed by atoms with E-state index in [-0.39, 0.29) is 10.8 Å². The Morgan fingerprint density at radius 2 is 1.93 bits per heavy atom. The van der Waals surface area contributed by atoms with Gasteiger partial charge >= 0.3 is 0 Å². The normalized spacial score (nSPS) is 12.6. The molecule has 150 valence electrons. The molecule has 0 amide bonds. The van der Waals surface area contributed by atoms with Crippen molar-refractivity contribution in [1.82, 2.24) is 19.7 Å². The fraction of sp³-hybridized carbons (Fsp3) is 0.182. The molecule has 5 rings (SSSR count). The maximum atomic E-state index is 13.2. The summed E-state index contributed by atoms with van der Waals surface area (Å²) in [6.45, 7) is 4.47. The fourth-order valence-electron chi connectivity index (χ4n) is 3.36. The predicted molar refractivity (Wildman–Crippen MR) is 121 cm³/mol. The zero-order chi connectivity index (χ0) is 20.7. The second-order valence-electron chi connectivity index (χ2n) is 6.84. The lowest BCUT2D eigenvalue weighted by Crippen LogP contribution is -2.22. The van der Waals surface area contributed by atoms with E-state index in [2.05, 4.69) is 10.2 Å². The number of aromatic nitrogens is 4. The Bertz CT molecular complexity index is 1410. The first-order valence-electron chi connectivity index (χ1n) is 9.61. The molecule has 0 fully saturated rings. The van der Waals surface area contributed by atoms with Gasteiger partial charge in [-0.3, -0.25) is 9.36 Å². The van der Waals surface area contributed by atoms with Gasteiger partial charge in [0, 0.05) is 6.54 Å². The van der Waals surface area contributed by atoms with Crippen LogP contribution in [0.5, 0.6) is 0 Å². The lowest BCUT2D eigenvalue weighted by molar-refractivity contribution is 0.509. The van der Waals surface area contributed by atoms with Gasteiger partial charge in [-0.25, -0.2) is 4.98 Å². The highest BCUT2D eigenvalue weighted by atomic mass is 32.2. The van der Waals surface area contributed by atoms with E-state index in [0.717, 1.165) is 15.6 Å². The molecule has 0 aliphatic rings. The van der Waals surface area contributed by atoms with Crippen LogP contribution >= 0.6 is 23.1 Å². The van der Waals surface area contributed by atoms with Crippen LogP contribution in [0.15, 0.2) is 68.3 Å². The van der Waals surface area contributed by atoms with E-state index >= 15 is 0 Å². The quantitative estimate of drug-likeness (QED) is 0.206. The van der Waals surface area contributed by atoms with Gasteiger partial charge in [0.2, 0.25) is 5.89 Å². The van der Waals surface area contributed by atoms with Gasteiger partial charge in [-0.2, -0.15) is 0 Å². The Balaban J connectivity index is 1.54. The Morgan fingerprint density at radius 3 is 2.67 bits per heavy atom. The summed E-state index contributed by atoms with van der Waals surface area (Å²) in [5.74, 6) is 1.03. The molecule has 0 bridgehead atoms. The summed E-state index contributed by atoms with van der Waals surface area (Å²) < 4.78 is 7.57. The van der Waals surface area contributed by atoms with E-state index in [1.165, 1.54) is 11.8 Å². The molecule has 2 aromatic carbocycles. The molecular weight excluding hydrogens is 416 g/mol. The van der Waals surface area contributed by atoms with Crippen molar-refractivity contribution in [3.05, 3.63) is 70.2 Å². The maximum Gasteiger partial charge on any atom is 0.262 e. The number of benzene rings is 2. The monoisotopic (exact) mass is 434 g/mol. The van der Waals surface area contributed by atoms with E-state index in [4.69, 9.17) is 9.40 Å². The number of hydrogen-bond acceptors (Lipinski definition) is 7. The molecule has 1 atom stereocenters. The second-order valence-corrected chi connectivity index (χ2v) is 9.10. The van der Waals surface area contributed by atoms with Crippen LogP contribution in [0, 0.1) is 0 Å². The summed E-state index contributed by atoms with van der Waals surface area (Å²) in [7, 11) is 0. The second kappa shape index (κ2) is 7.70. The fourth-order valence-corrected chi connectivity index (χ4v) is 5.01. The predicted octanol–water partition coefficient (Wildman–Crippen LogP) is 5.53. The van der Waals surface area contributed by atoms with Gasteiger partial charge in [0.15, 0.2) is 5.16 Å². The number of nitrogens with zero attached hydrogens (tertiary/aromatic N) is 4. The highest BCUT2D eigenvalue weighted by molar-refractivity contribution is 7.99. The van der Waals surface area contributed by atoms with Crippen LogP contribution in [0.25, 0.3) is 32.4 Å². The summed E-state index contributed by atoms with van der Waals surface area (Å²) in [6, 6.07) is 15.8. The van der Waals surface area contributed by atoms with Gasteiger partial charge in [0.1, 0.15) is 0 Å². The third-order valence-electron chi connectivity index (χ3n) is 4.91. The molecular formula is C22H18N4O2S2. The molecule has 3 aromatic heterocycles. The molecule has 0 radical (unpaired) electrons. The van der Waals surface area contributed by atoms with Crippen LogP contribution in [-0.2, 0) is 6.54 Å². The topological polar surface area (TPSA) is 73.8 Å². The van der Waals surface area contributed by atoms with Gasteiger partial charge in [0.25, 0.3) is 11.4 Å². The zero-order valence-corrected chi connectivity index (χ0v) is 18.0. The SMILES string of the molecule is CCn1c(SC(C)c2nnc(-c3cccs3)o2)nc2cc3ccccc3cc2c1=O. The van der Waals surface area contributed by atoms with Crippen LogP contribution in [0.1, 0.15) is 25.0 Å². The smallest absolute Gasteiger partial charge is 0.262 e. The van der Waals surface area contributed by atoms with Crippen LogP contribution in [0.2, 0.25) is 0 Å². The Kier molecular flexibility index (Phi) is 4.88. The minimum absolute atomic E-state index is 0.0345. The van der Waals surface area contributed by atoms with Gasteiger partial charge in [-0.1, -0.05) is 42.1 Å². The molecule has 0 spiro atoms. The van der Waals surface area contributed by atoms with E-state index in [9.17, 15) is 4.79 Å². The van der Waals surface area contributed by atoms with Crippen LogP contribution < -0.4 is 5.56 Å². The van der Waals surface area contributed by atoms with Gasteiger partial charge in [-0.05, 0) is 48.2 Å². The summed E-state index contributed by atoms with van der Waals surface area (Å²) in [5, 5.41) is 13.6. The summed E-state index contributed by atoms with van der Waals surface area (Å²) in [5.41, 5.74) is 0.663. The van der Waals surface area contributed by atoms with Crippen LogP contribution in [0.3, 0.4) is 0 Å². The Labute approximate surface area is 180 Å². The minimum Gasteiger partial charge on any atom is -0.419 e. The molecule has 3 heterocycles. The molecule has 0 aliphatic heterocycles. The van der Waals surface area contributed by atoms with Crippen LogP contribution in [0.4, 0.5) is 0 Å². The van der Waals surface area contributed by atoms with Crippen molar-refractivity contribution in [2.75, 3.05) is 0 Å². The van der Waals surface area contributed by atoms with Gasteiger partial charge < -0.3 is 4.42 Å². The van der Waals surface area contributed by atoms with Crippen molar-refractivity contribution in [2.45, 2.75) is 30.8 Å². The van der Waals surface area contributed by atoms with Crippen molar-refractivity contribution in [1.29, 1.82) is 0 Å². The van der Waals surface area contributed by atoms with Crippen molar-refractivity contribution < 1.29 is 4.42 Å². The average Bonchev–Trinajstić information content (AvgIpc) is 3.45. The summed E-state index contributed by atoms with van der Waals surface area (Å²) in [4.78, 5) is 18.9.